The van der Waals surface area contributed by atoms with Gasteiger partial charge in [-0.1, -0.05) is 50.1 Å². The lowest BCUT2D eigenvalue weighted by molar-refractivity contribution is 0.262. The lowest BCUT2D eigenvalue weighted by atomic mass is 9.80. The highest BCUT2D eigenvalue weighted by molar-refractivity contribution is 6.59. The highest BCUT2D eigenvalue weighted by Gasteiger charge is 2.14. The van der Waals surface area contributed by atoms with Crippen LogP contribution in [-0.4, -0.2) is 18.7 Å². The minimum absolute atomic E-state index is 0.629. The summed E-state index contributed by atoms with van der Waals surface area (Å²) in [5.41, 5.74) is 0.823. The molecule has 1 aromatic carbocycles. The van der Waals surface area contributed by atoms with Crippen molar-refractivity contribution in [3.8, 4) is 0 Å². The predicted octanol–water partition coefficient (Wildman–Crippen LogP) is 1.58. The molecule has 0 atom stereocenters. The van der Waals surface area contributed by atoms with E-state index in [9.17, 15) is 5.02 Å². The average molecular weight is 192 g/mol. The molecule has 0 bridgehead atoms. The zero-order valence-electron chi connectivity index (χ0n) is 8.65. The molecule has 1 rings (SSSR count). The molecule has 0 aliphatic rings. The van der Waals surface area contributed by atoms with Gasteiger partial charge in [0, 0.05) is 6.61 Å². The molecule has 0 saturated heterocycles. The molecule has 0 fully saturated rings. The normalized spacial score (nSPS) is 10.1. The Morgan fingerprint density at radius 3 is 2.57 bits per heavy atom. The van der Waals surface area contributed by atoms with Crippen LogP contribution in [0, 0.1) is 0 Å². The van der Waals surface area contributed by atoms with E-state index in [0.717, 1.165) is 18.3 Å². The summed E-state index contributed by atoms with van der Waals surface area (Å²) >= 11 is 0. The first-order valence-corrected chi connectivity index (χ1v) is 5.19. The summed E-state index contributed by atoms with van der Waals surface area (Å²) in [6.45, 7) is 2.78. The van der Waals surface area contributed by atoms with Crippen molar-refractivity contribution >= 4 is 12.6 Å². The molecule has 76 valence electrons. The molecule has 0 unspecified atom stereocenters. The van der Waals surface area contributed by atoms with Crippen LogP contribution in [0.25, 0.3) is 0 Å². The van der Waals surface area contributed by atoms with Crippen LogP contribution < -0.4 is 5.46 Å². The second-order valence-electron chi connectivity index (χ2n) is 3.34. The fourth-order valence-electron chi connectivity index (χ4n) is 1.26. The maximum atomic E-state index is 9.60. The third kappa shape index (κ3) is 3.94. The average Bonchev–Trinajstić information content (AvgIpc) is 2.25. The van der Waals surface area contributed by atoms with Crippen molar-refractivity contribution in [1.29, 1.82) is 0 Å². The lowest BCUT2D eigenvalue weighted by Gasteiger charge is -2.07. The zero-order chi connectivity index (χ0) is 10.2. The molecular weight excluding hydrogens is 175 g/mol. The van der Waals surface area contributed by atoms with E-state index in [1.807, 2.05) is 30.3 Å². The van der Waals surface area contributed by atoms with E-state index >= 15 is 0 Å². The fourth-order valence-corrected chi connectivity index (χ4v) is 1.26. The van der Waals surface area contributed by atoms with Gasteiger partial charge in [0.05, 0.1) is 0 Å². The number of hydrogen-bond donors (Lipinski definition) is 1. The molecule has 0 aliphatic carbocycles. The monoisotopic (exact) mass is 192 g/mol. The smallest absolute Gasteiger partial charge is 0.423 e. The molecule has 2 nitrogen and oxygen atoms in total. The van der Waals surface area contributed by atoms with E-state index in [4.69, 9.17) is 4.65 Å². The Morgan fingerprint density at radius 1 is 1.21 bits per heavy atom. The summed E-state index contributed by atoms with van der Waals surface area (Å²) in [6.07, 6.45) is 3.34. The first-order valence-electron chi connectivity index (χ1n) is 5.19. The van der Waals surface area contributed by atoms with Gasteiger partial charge in [0.25, 0.3) is 0 Å². The van der Waals surface area contributed by atoms with Gasteiger partial charge in [-0.2, -0.15) is 0 Å². The van der Waals surface area contributed by atoms with Crippen LogP contribution in [0.3, 0.4) is 0 Å². The van der Waals surface area contributed by atoms with Gasteiger partial charge in [-0.15, -0.1) is 0 Å². The minimum atomic E-state index is -0.770. The highest BCUT2D eigenvalue weighted by atomic mass is 16.5. The third-order valence-corrected chi connectivity index (χ3v) is 2.11. The standard InChI is InChI=1S/C11H17BO2/c1-2-3-7-10-14-12(13)11-8-5-4-6-9-11/h4-6,8-9,13H,2-3,7,10H2,1H3. The predicted molar refractivity (Wildman–Crippen MR) is 59.5 cm³/mol. The molecule has 1 aromatic rings. The van der Waals surface area contributed by atoms with Gasteiger partial charge < -0.3 is 9.68 Å². The Morgan fingerprint density at radius 2 is 1.93 bits per heavy atom. The molecule has 14 heavy (non-hydrogen) atoms. The summed E-state index contributed by atoms with van der Waals surface area (Å²) in [6, 6.07) is 9.45. The van der Waals surface area contributed by atoms with E-state index in [-0.39, 0.29) is 0 Å². The largest absolute Gasteiger partial charge is 0.491 e. The van der Waals surface area contributed by atoms with Crippen LogP contribution in [0.4, 0.5) is 0 Å². The van der Waals surface area contributed by atoms with Crippen molar-refractivity contribution in [2.45, 2.75) is 26.2 Å². The van der Waals surface area contributed by atoms with Gasteiger partial charge in [0.2, 0.25) is 0 Å². The summed E-state index contributed by atoms with van der Waals surface area (Å²) < 4.78 is 5.29. The maximum absolute atomic E-state index is 9.60. The first-order chi connectivity index (χ1) is 6.84. The van der Waals surface area contributed by atoms with E-state index in [0.29, 0.717) is 6.61 Å². The molecule has 0 aliphatic heterocycles. The van der Waals surface area contributed by atoms with Crippen LogP contribution >= 0.6 is 0 Å². The van der Waals surface area contributed by atoms with E-state index < -0.39 is 7.12 Å². The molecular formula is C11H17BO2. The van der Waals surface area contributed by atoms with Crippen molar-refractivity contribution in [2.75, 3.05) is 6.61 Å². The van der Waals surface area contributed by atoms with Gasteiger partial charge in [-0.25, -0.2) is 0 Å². The number of unbranched alkanes of at least 4 members (excludes halogenated alkanes) is 2. The Bertz CT molecular complexity index is 238. The lowest BCUT2D eigenvalue weighted by Crippen LogP contribution is -2.33. The Kier molecular flexibility index (Phi) is 5.34. The second kappa shape index (κ2) is 6.63. The summed E-state index contributed by atoms with van der Waals surface area (Å²) in [4.78, 5) is 0. The van der Waals surface area contributed by atoms with Crippen molar-refractivity contribution in [2.24, 2.45) is 0 Å². The Balaban J connectivity index is 2.25. The Labute approximate surface area is 86.1 Å². The van der Waals surface area contributed by atoms with E-state index in [2.05, 4.69) is 6.92 Å². The fraction of sp³-hybridized carbons (Fsp3) is 0.455. The van der Waals surface area contributed by atoms with Crippen LogP contribution in [-0.2, 0) is 4.65 Å². The minimum Gasteiger partial charge on any atom is -0.423 e. The van der Waals surface area contributed by atoms with Crippen LogP contribution in [0.1, 0.15) is 26.2 Å². The van der Waals surface area contributed by atoms with Crippen LogP contribution in [0.2, 0.25) is 0 Å². The summed E-state index contributed by atoms with van der Waals surface area (Å²) in [5.74, 6) is 0. The molecule has 0 saturated carbocycles. The second-order valence-corrected chi connectivity index (χ2v) is 3.34. The van der Waals surface area contributed by atoms with Crippen molar-refractivity contribution < 1.29 is 9.68 Å². The summed E-state index contributed by atoms with van der Waals surface area (Å²) in [5, 5.41) is 9.60. The number of rotatable bonds is 6. The van der Waals surface area contributed by atoms with E-state index in [1.165, 1.54) is 6.42 Å². The SMILES string of the molecule is CCCCCOB(O)c1ccccc1. The van der Waals surface area contributed by atoms with E-state index in [1.54, 1.807) is 0 Å². The quantitative estimate of drug-likeness (QED) is 0.547. The number of hydrogen-bond acceptors (Lipinski definition) is 2. The van der Waals surface area contributed by atoms with Crippen LogP contribution in [0.5, 0.6) is 0 Å². The number of benzene rings is 1. The Hall–Kier alpha value is -0.795. The van der Waals surface area contributed by atoms with Gasteiger partial charge in [-0.05, 0) is 11.9 Å². The molecule has 0 spiro atoms. The highest BCUT2D eigenvalue weighted by Crippen LogP contribution is 1.95. The van der Waals surface area contributed by atoms with Gasteiger partial charge >= 0.3 is 7.12 Å². The molecule has 0 radical (unpaired) electrons. The first kappa shape index (κ1) is 11.3. The third-order valence-electron chi connectivity index (χ3n) is 2.11. The molecule has 0 heterocycles. The van der Waals surface area contributed by atoms with Crippen LogP contribution in [0.15, 0.2) is 30.3 Å². The topological polar surface area (TPSA) is 29.5 Å². The van der Waals surface area contributed by atoms with Gasteiger partial charge in [0.15, 0.2) is 0 Å². The van der Waals surface area contributed by atoms with Crippen molar-refractivity contribution in [3.05, 3.63) is 30.3 Å². The molecule has 1 N–H and O–H groups in total. The summed E-state index contributed by atoms with van der Waals surface area (Å²) in [7, 11) is -0.770. The molecule has 3 heteroatoms. The molecule has 0 aromatic heterocycles. The van der Waals surface area contributed by atoms with Crippen molar-refractivity contribution in [3.63, 3.8) is 0 Å². The molecule has 0 amide bonds. The van der Waals surface area contributed by atoms with Crippen molar-refractivity contribution in [1.82, 2.24) is 0 Å². The zero-order valence-corrected chi connectivity index (χ0v) is 8.65. The van der Waals surface area contributed by atoms with Gasteiger partial charge in [0.1, 0.15) is 0 Å². The maximum Gasteiger partial charge on any atom is 0.491 e. The van der Waals surface area contributed by atoms with Gasteiger partial charge in [-0.3, -0.25) is 0 Å².